The van der Waals surface area contributed by atoms with Gasteiger partial charge in [-0.3, -0.25) is 4.79 Å². The standard InChI is InChI=1S/C20H16N2O3S/c1-13(23)22(11-14-5-3-2-4-6-14)19(20(24)25)15-7-8-17-16(10-21)12-26-18(17)9-15/h2-9,12,19H,11H2,1H3,(H,24,25). The highest BCUT2D eigenvalue weighted by atomic mass is 32.1. The summed E-state index contributed by atoms with van der Waals surface area (Å²) in [6.07, 6.45) is 0. The molecular weight excluding hydrogens is 348 g/mol. The lowest BCUT2D eigenvalue weighted by molar-refractivity contribution is -0.150. The van der Waals surface area contributed by atoms with E-state index in [9.17, 15) is 14.7 Å². The number of fused-ring (bicyclic) bond motifs is 1. The second-order valence-corrected chi connectivity index (χ2v) is 6.80. The van der Waals surface area contributed by atoms with Crippen molar-refractivity contribution >= 4 is 33.3 Å². The second kappa shape index (κ2) is 7.38. The first-order valence-electron chi connectivity index (χ1n) is 7.96. The fourth-order valence-corrected chi connectivity index (χ4v) is 3.86. The molecule has 0 aliphatic heterocycles. The van der Waals surface area contributed by atoms with Gasteiger partial charge in [-0.15, -0.1) is 11.3 Å². The first kappa shape index (κ1) is 17.6. The summed E-state index contributed by atoms with van der Waals surface area (Å²) in [4.78, 5) is 25.5. The van der Waals surface area contributed by atoms with Gasteiger partial charge >= 0.3 is 5.97 Å². The molecule has 3 aromatic rings. The van der Waals surface area contributed by atoms with Gasteiger partial charge in [-0.05, 0) is 17.2 Å². The topological polar surface area (TPSA) is 81.4 Å². The van der Waals surface area contributed by atoms with Crippen molar-refractivity contribution in [3.05, 3.63) is 70.6 Å². The van der Waals surface area contributed by atoms with Crippen LogP contribution in [0.15, 0.2) is 53.9 Å². The molecule has 0 saturated carbocycles. The van der Waals surface area contributed by atoms with E-state index in [0.717, 1.165) is 15.6 Å². The van der Waals surface area contributed by atoms with E-state index in [0.29, 0.717) is 11.1 Å². The second-order valence-electron chi connectivity index (χ2n) is 5.89. The van der Waals surface area contributed by atoms with Gasteiger partial charge in [0, 0.05) is 28.9 Å². The number of carbonyl (C=O) groups excluding carboxylic acids is 1. The van der Waals surface area contributed by atoms with Crippen LogP contribution in [0.2, 0.25) is 0 Å². The molecule has 130 valence electrons. The molecule has 6 heteroatoms. The summed E-state index contributed by atoms with van der Waals surface area (Å²) in [6, 6.07) is 15.5. The number of nitrogens with zero attached hydrogens (tertiary/aromatic N) is 2. The summed E-state index contributed by atoms with van der Waals surface area (Å²) >= 11 is 1.39. The van der Waals surface area contributed by atoms with E-state index in [-0.39, 0.29) is 12.5 Å². The summed E-state index contributed by atoms with van der Waals surface area (Å²) in [5, 5.41) is 21.5. The van der Waals surface area contributed by atoms with Crippen LogP contribution in [0.25, 0.3) is 10.1 Å². The van der Waals surface area contributed by atoms with E-state index in [1.54, 1.807) is 23.6 Å². The van der Waals surface area contributed by atoms with Gasteiger partial charge in [-0.1, -0.05) is 42.5 Å². The van der Waals surface area contributed by atoms with Crippen LogP contribution in [0.1, 0.15) is 29.7 Å². The summed E-state index contributed by atoms with van der Waals surface area (Å²) in [5.41, 5.74) is 1.94. The van der Waals surface area contributed by atoms with E-state index in [4.69, 9.17) is 5.26 Å². The Kier molecular flexibility index (Phi) is 5.01. The lowest BCUT2D eigenvalue weighted by Gasteiger charge is -2.28. The van der Waals surface area contributed by atoms with Crippen LogP contribution in [-0.2, 0) is 16.1 Å². The zero-order valence-electron chi connectivity index (χ0n) is 14.0. The van der Waals surface area contributed by atoms with Crippen molar-refractivity contribution in [1.29, 1.82) is 5.26 Å². The van der Waals surface area contributed by atoms with Gasteiger partial charge in [0.05, 0.1) is 5.56 Å². The molecule has 1 aromatic heterocycles. The van der Waals surface area contributed by atoms with Crippen LogP contribution >= 0.6 is 11.3 Å². The number of amides is 1. The van der Waals surface area contributed by atoms with Crippen LogP contribution in [0.5, 0.6) is 0 Å². The Bertz CT molecular complexity index is 1000. The lowest BCUT2D eigenvalue weighted by Crippen LogP contribution is -2.37. The Morgan fingerprint density at radius 1 is 1.23 bits per heavy atom. The van der Waals surface area contributed by atoms with Gasteiger partial charge < -0.3 is 10.0 Å². The molecule has 2 aromatic carbocycles. The first-order chi connectivity index (χ1) is 12.5. The highest BCUT2D eigenvalue weighted by Gasteiger charge is 2.30. The molecule has 26 heavy (non-hydrogen) atoms. The van der Waals surface area contributed by atoms with E-state index < -0.39 is 12.0 Å². The van der Waals surface area contributed by atoms with Crippen LogP contribution in [0, 0.1) is 11.3 Å². The molecule has 1 atom stereocenters. The minimum Gasteiger partial charge on any atom is -0.479 e. The summed E-state index contributed by atoms with van der Waals surface area (Å²) in [6.45, 7) is 1.58. The number of hydrogen-bond donors (Lipinski definition) is 1. The third-order valence-electron chi connectivity index (χ3n) is 4.18. The van der Waals surface area contributed by atoms with Gasteiger partial charge in [0.2, 0.25) is 5.91 Å². The molecule has 1 heterocycles. The molecule has 5 nitrogen and oxygen atoms in total. The SMILES string of the molecule is CC(=O)N(Cc1ccccc1)C(C(=O)O)c1ccc2c(C#N)csc2c1. The Balaban J connectivity index is 2.02. The normalized spacial score (nSPS) is 11.7. The molecular formula is C20H16N2O3S. The quantitative estimate of drug-likeness (QED) is 0.743. The highest BCUT2D eigenvalue weighted by Crippen LogP contribution is 2.31. The molecule has 0 spiro atoms. The Labute approximate surface area is 154 Å². The van der Waals surface area contributed by atoms with E-state index in [1.807, 2.05) is 30.3 Å². The van der Waals surface area contributed by atoms with Crippen LogP contribution in [-0.4, -0.2) is 21.9 Å². The van der Waals surface area contributed by atoms with Crippen molar-refractivity contribution < 1.29 is 14.7 Å². The zero-order valence-corrected chi connectivity index (χ0v) is 14.9. The minimum atomic E-state index is -1.09. The number of carboxylic acids is 1. The molecule has 0 radical (unpaired) electrons. The minimum absolute atomic E-state index is 0.207. The number of nitriles is 1. The number of benzene rings is 2. The van der Waals surface area contributed by atoms with Crippen molar-refractivity contribution in [2.45, 2.75) is 19.5 Å². The van der Waals surface area contributed by atoms with E-state index in [1.165, 1.54) is 23.2 Å². The number of thiophene rings is 1. The molecule has 0 fully saturated rings. The number of carbonyl (C=O) groups is 2. The van der Waals surface area contributed by atoms with Gasteiger partial charge in [0.1, 0.15) is 6.07 Å². The van der Waals surface area contributed by atoms with E-state index in [2.05, 4.69) is 6.07 Å². The zero-order chi connectivity index (χ0) is 18.7. The molecule has 0 bridgehead atoms. The third-order valence-corrected chi connectivity index (χ3v) is 5.13. The summed E-state index contributed by atoms with van der Waals surface area (Å²) < 4.78 is 0.827. The third kappa shape index (κ3) is 3.44. The Hall–Kier alpha value is -3.17. The molecule has 1 N–H and O–H groups in total. The summed E-state index contributed by atoms with van der Waals surface area (Å²) in [7, 11) is 0. The number of aliphatic carboxylic acids is 1. The smallest absolute Gasteiger partial charge is 0.331 e. The van der Waals surface area contributed by atoms with Crippen LogP contribution in [0.3, 0.4) is 0 Å². The average molecular weight is 364 g/mol. The molecule has 0 aliphatic rings. The molecule has 0 aliphatic carbocycles. The molecule has 0 saturated heterocycles. The Morgan fingerprint density at radius 3 is 2.58 bits per heavy atom. The van der Waals surface area contributed by atoms with Crippen molar-refractivity contribution in [2.24, 2.45) is 0 Å². The van der Waals surface area contributed by atoms with Gasteiger partial charge in [-0.25, -0.2) is 4.79 Å². The maximum atomic E-state index is 12.2. The lowest BCUT2D eigenvalue weighted by atomic mass is 10.0. The first-order valence-corrected chi connectivity index (χ1v) is 8.84. The predicted octanol–water partition coefficient (Wildman–Crippen LogP) is 3.95. The fourth-order valence-electron chi connectivity index (χ4n) is 2.92. The maximum absolute atomic E-state index is 12.2. The highest BCUT2D eigenvalue weighted by molar-refractivity contribution is 7.17. The van der Waals surface area contributed by atoms with Crippen molar-refractivity contribution in [1.82, 2.24) is 4.90 Å². The summed E-state index contributed by atoms with van der Waals surface area (Å²) in [5.74, 6) is -1.40. The number of hydrogen-bond acceptors (Lipinski definition) is 4. The van der Waals surface area contributed by atoms with Crippen molar-refractivity contribution in [3.63, 3.8) is 0 Å². The van der Waals surface area contributed by atoms with E-state index >= 15 is 0 Å². The van der Waals surface area contributed by atoms with Crippen LogP contribution in [0.4, 0.5) is 0 Å². The maximum Gasteiger partial charge on any atom is 0.331 e. The largest absolute Gasteiger partial charge is 0.479 e. The van der Waals surface area contributed by atoms with Crippen molar-refractivity contribution in [2.75, 3.05) is 0 Å². The van der Waals surface area contributed by atoms with Crippen LogP contribution < -0.4 is 0 Å². The fraction of sp³-hybridized carbons (Fsp3) is 0.150. The Morgan fingerprint density at radius 2 is 1.96 bits per heavy atom. The number of carboxylic acid groups (broad SMARTS) is 1. The average Bonchev–Trinajstić information content (AvgIpc) is 3.04. The number of rotatable bonds is 5. The molecule has 1 amide bonds. The monoisotopic (exact) mass is 364 g/mol. The van der Waals surface area contributed by atoms with Gasteiger partial charge in [0.25, 0.3) is 0 Å². The van der Waals surface area contributed by atoms with Gasteiger partial charge in [0.15, 0.2) is 6.04 Å². The molecule has 3 rings (SSSR count). The van der Waals surface area contributed by atoms with Gasteiger partial charge in [-0.2, -0.15) is 5.26 Å². The van der Waals surface area contributed by atoms with Crippen molar-refractivity contribution in [3.8, 4) is 6.07 Å². The molecule has 1 unspecified atom stereocenters. The predicted molar refractivity (Wildman–Crippen MR) is 99.6 cm³/mol.